The molecule has 0 saturated carbocycles. The molecule has 0 fully saturated rings. The zero-order chi connectivity index (χ0) is 9.42. The second-order valence-electron chi connectivity index (χ2n) is 2.88. The molecule has 1 aromatic rings. The van der Waals surface area contributed by atoms with Gasteiger partial charge in [0, 0.05) is 12.6 Å². The molecule has 1 aliphatic rings. The van der Waals surface area contributed by atoms with Crippen LogP contribution in [0.2, 0.25) is 0 Å². The van der Waals surface area contributed by atoms with Crippen molar-refractivity contribution in [3.8, 4) is 0 Å². The molecule has 1 amide bonds. The maximum Gasteiger partial charge on any atom is 0.415 e. The third kappa shape index (κ3) is 1.18. The zero-order valence-electron chi connectivity index (χ0n) is 6.78. The minimum Gasteiger partial charge on any atom is -0.464 e. The minimum absolute atomic E-state index is 0.0596. The molecule has 0 saturated heterocycles. The van der Waals surface area contributed by atoms with Crippen LogP contribution in [0.5, 0.6) is 0 Å². The lowest BCUT2D eigenvalue weighted by molar-refractivity contribution is -0.116. The van der Waals surface area contributed by atoms with Crippen LogP contribution in [0, 0.1) is 0 Å². The highest BCUT2D eigenvalue weighted by molar-refractivity contribution is 5.94. The van der Waals surface area contributed by atoms with Crippen LogP contribution < -0.4 is 5.32 Å². The number of nitrogens with zero attached hydrogens (tertiary/aromatic N) is 1. The molecular weight excluding hydrogens is 172 g/mol. The van der Waals surface area contributed by atoms with E-state index in [2.05, 4.69) is 5.32 Å². The van der Waals surface area contributed by atoms with E-state index in [-0.39, 0.29) is 5.91 Å². The molecule has 0 spiro atoms. The Kier molecular flexibility index (Phi) is 1.58. The molecule has 2 rings (SSSR count). The first-order valence-electron chi connectivity index (χ1n) is 3.92. The third-order valence-corrected chi connectivity index (χ3v) is 2.06. The highest BCUT2D eigenvalue weighted by Crippen LogP contribution is 2.23. The van der Waals surface area contributed by atoms with Gasteiger partial charge in [0.25, 0.3) is 0 Å². The number of anilines is 1. The molecule has 0 bridgehead atoms. The summed E-state index contributed by atoms with van der Waals surface area (Å²) in [5.41, 5.74) is 1.27. The summed E-state index contributed by atoms with van der Waals surface area (Å²) in [5.74, 6) is -0.0596. The highest BCUT2D eigenvalue weighted by atomic mass is 16.4. The van der Waals surface area contributed by atoms with Gasteiger partial charge in [0.2, 0.25) is 5.91 Å². The van der Waals surface area contributed by atoms with Gasteiger partial charge in [-0.15, -0.1) is 0 Å². The molecule has 2 N–H and O–H groups in total. The Morgan fingerprint density at radius 3 is 3.00 bits per heavy atom. The monoisotopic (exact) mass is 180 g/mol. The number of nitrogens with one attached hydrogen (secondary N) is 1. The van der Waals surface area contributed by atoms with Crippen LogP contribution in [0.3, 0.4) is 0 Å². The van der Waals surface area contributed by atoms with Gasteiger partial charge in [0.15, 0.2) is 0 Å². The second-order valence-corrected chi connectivity index (χ2v) is 2.88. The van der Waals surface area contributed by atoms with Gasteiger partial charge in [-0.2, -0.15) is 0 Å². The zero-order valence-corrected chi connectivity index (χ0v) is 6.78. The van der Waals surface area contributed by atoms with Gasteiger partial charge in [0.05, 0.1) is 11.4 Å². The second kappa shape index (κ2) is 2.62. The first-order chi connectivity index (χ1) is 6.18. The number of carbonyl (C=O) groups excluding carboxylic acids is 1. The summed E-state index contributed by atoms with van der Waals surface area (Å²) >= 11 is 0. The van der Waals surface area contributed by atoms with E-state index in [0.717, 1.165) is 4.57 Å². The van der Waals surface area contributed by atoms with Crippen molar-refractivity contribution in [3.05, 3.63) is 18.0 Å². The Bertz CT molecular complexity index is 381. The number of carboxylic acid groups (broad SMARTS) is 1. The average molecular weight is 180 g/mol. The fourth-order valence-electron chi connectivity index (χ4n) is 1.46. The van der Waals surface area contributed by atoms with E-state index in [1.54, 1.807) is 6.07 Å². The largest absolute Gasteiger partial charge is 0.464 e. The maximum absolute atomic E-state index is 10.9. The Hall–Kier alpha value is -1.78. The smallest absolute Gasteiger partial charge is 0.415 e. The summed E-state index contributed by atoms with van der Waals surface area (Å²) in [4.78, 5) is 21.6. The van der Waals surface area contributed by atoms with Crippen LogP contribution in [0.15, 0.2) is 12.3 Å². The Morgan fingerprint density at radius 2 is 2.31 bits per heavy atom. The predicted octanol–water partition coefficient (Wildman–Crippen LogP) is 0.899. The van der Waals surface area contributed by atoms with E-state index >= 15 is 0 Å². The van der Waals surface area contributed by atoms with Crippen molar-refractivity contribution in [1.29, 1.82) is 0 Å². The Morgan fingerprint density at radius 1 is 1.54 bits per heavy atom. The third-order valence-electron chi connectivity index (χ3n) is 2.06. The number of hydrogen-bond donors (Lipinski definition) is 2. The molecule has 5 nitrogen and oxygen atoms in total. The summed E-state index contributed by atoms with van der Waals surface area (Å²) in [6, 6.07) is 1.60. The molecule has 0 atom stereocenters. The van der Waals surface area contributed by atoms with Crippen molar-refractivity contribution in [2.45, 2.75) is 12.8 Å². The van der Waals surface area contributed by atoms with Gasteiger partial charge in [-0.25, -0.2) is 4.79 Å². The quantitative estimate of drug-likeness (QED) is 0.623. The normalized spacial score (nSPS) is 14.9. The van der Waals surface area contributed by atoms with Crippen LogP contribution in [0.25, 0.3) is 0 Å². The number of hydrogen-bond acceptors (Lipinski definition) is 2. The molecule has 1 aliphatic heterocycles. The number of fused-ring (bicyclic) bond motifs is 1. The topological polar surface area (TPSA) is 71.3 Å². The maximum atomic E-state index is 10.9. The fourth-order valence-corrected chi connectivity index (χ4v) is 1.46. The van der Waals surface area contributed by atoms with Gasteiger partial charge >= 0.3 is 6.09 Å². The summed E-state index contributed by atoms with van der Waals surface area (Å²) in [5, 5.41) is 11.4. The van der Waals surface area contributed by atoms with Gasteiger partial charge in [-0.3, -0.25) is 9.36 Å². The molecule has 13 heavy (non-hydrogen) atoms. The molecule has 0 aromatic carbocycles. The summed E-state index contributed by atoms with van der Waals surface area (Å²) < 4.78 is 1.13. The lowest BCUT2D eigenvalue weighted by Crippen LogP contribution is -2.21. The molecule has 5 heteroatoms. The van der Waals surface area contributed by atoms with Crippen molar-refractivity contribution in [2.75, 3.05) is 5.32 Å². The fraction of sp³-hybridized carbons (Fsp3) is 0.250. The minimum atomic E-state index is -1.02. The highest BCUT2D eigenvalue weighted by Gasteiger charge is 2.20. The number of aromatic nitrogens is 1. The predicted molar refractivity (Wildman–Crippen MR) is 44.8 cm³/mol. The number of carbonyl (C=O) groups is 2. The Labute approximate surface area is 74.0 Å². The first-order valence-corrected chi connectivity index (χ1v) is 3.92. The van der Waals surface area contributed by atoms with Gasteiger partial charge < -0.3 is 10.4 Å². The van der Waals surface area contributed by atoms with Crippen molar-refractivity contribution < 1.29 is 14.7 Å². The van der Waals surface area contributed by atoms with Gasteiger partial charge in [0.1, 0.15) is 0 Å². The lowest BCUT2D eigenvalue weighted by Gasteiger charge is -2.13. The number of rotatable bonds is 0. The molecular formula is C8H8N2O3. The van der Waals surface area contributed by atoms with Crippen molar-refractivity contribution in [1.82, 2.24) is 4.57 Å². The summed E-state index contributed by atoms with van der Waals surface area (Å²) in [6.45, 7) is 0. The van der Waals surface area contributed by atoms with E-state index in [9.17, 15) is 9.59 Å². The summed E-state index contributed by atoms with van der Waals surface area (Å²) in [6.07, 6.45) is 1.26. The molecule has 68 valence electrons. The van der Waals surface area contributed by atoms with Crippen molar-refractivity contribution in [3.63, 3.8) is 0 Å². The number of amides is 1. The van der Waals surface area contributed by atoms with Crippen LogP contribution in [0.1, 0.15) is 12.1 Å². The lowest BCUT2D eigenvalue weighted by atomic mass is 10.1. The van der Waals surface area contributed by atoms with E-state index in [0.29, 0.717) is 24.2 Å². The Balaban J connectivity index is 2.44. The first kappa shape index (κ1) is 7.85. The molecule has 1 aromatic heterocycles. The standard InChI is InChI=1S/C8H8N2O3/c11-7-2-1-6-5(9-7)3-4-10(6)8(12)13/h3-4H,1-2H2,(H,9,11)(H,12,13). The summed E-state index contributed by atoms with van der Waals surface area (Å²) in [7, 11) is 0. The van der Waals surface area contributed by atoms with Gasteiger partial charge in [-0.05, 0) is 12.5 Å². The van der Waals surface area contributed by atoms with Crippen LogP contribution in [-0.4, -0.2) is 21.7 Å². The van der Waals surface area contributed by atoms with Crippen molar-refractivity contribution >= 4 is 17.7 Å². The van der Waals surface area contributed by atoms with E-state index < -0.39 is 6.09 Å². The average Bonchev–Trinajstić information content (AvgIpc) is 2.46. The van der Waals surface area contributed by atoms with E-state index in [4.69, 9.17) is 5.11 Å². The van der Waals surface area contributed by atoms with Crippen molar-refractivity contribution in [2.24, 2.45) is 0 Å². The van der Waals surface area contributed by atoms with Gasteiger partial charge in [-0.1, -0.05) is 0 Å². The van der Waals surface area contributed by atoms with E-state index in [1.807, 2.05) is 0 Å². The molecule has 0 aliphatic carbocycles. The molecule has 2 heterocycles. The van der Waals surface area contributed by atoms with Crippen LogP contribution in [-0.2, 0) is 11.2 Å². The molecule has 0 unspecified atom stereocenters. The van der Waals surface area contributed by atoms with Crippen LogP contribution in [0.4, 0.5) is 10.5 Å². The SMILES string of the molecule is O=C1CCc2c(ccn2C(=O)O)N1. The molecule has 0 radical (unpaired) electrons. The van der Waals surface area contributed by atoms with Crippen LogP contribution >= 0.6 is 0 Å². The van der Waals surface area contributed by atoms with E-state index in [1.165, 1.54) is 6.20 Å².